The summed E-state index contributed by atoms with van der Waals surface area (Å²) in [5.41, 5.74) is 4.39. The number of aromatic nitrogens is 2. The van der Waals surface area contributed by atoms with E-state index in [2.05, 4.69) is 47.1 Å². The standard InChI is InChI=1S/C21H19N3OS2/c1-14(25)22-11-10-15-6-8-16(9-7-15)18-13-26-20(24-18)12-21-23-17-4-2-3-5-19(17)27-21/h2-9,13H,10-12H2,1H3,(H,22,25). The van der Waals surface area contributed by atoms with E-state index >= 15 is 0 Å². The number of hydrogen-bond donors (Lipinski definition) is 1. The van der Waals surface area contributed by atoms with Gasteiger partial charge in [-0.05, 0) is 24.1 Å². The van der Waals surface area contributed by atoms with Gasteiger partial charge in [0.05, 0.1) is 22.3 Å². The van der Waals surface area contributed by atoms with E-state index in [-0.39, 0.29) is 5.91 Å². The summed E-state index contributed by atoms with van der Waals surface area (Å²) in [4.78, 5) is 20.4. The zero-order chi connectivity index (χ0) is 18.6. The lowest BCUT2D eigenvalue weighted by Crippen LogP contribution is -2.22. The highest BCUT2D eigenvalue weighted by Gasteiger charge is 2.09. The molecule has 27 heavy (non-hydrogen) atoms. The topological polar surface area (TPSA) is 54.9 Å². The molecule has 0 atom stereocenters. The van der Waals surface area contributed by atoms with Crippen LogP contribution in [-0.4, -0.2) is 22.4 Å². The van der Waals surface area contributed by atoms with Gasteiger partial charge in [-0.3, -0.25) is 4.79 Å². The minimum Gasteiger partial charge on any atom is -0.356 e. The van der Waals surface area contributed by atoms with Crippen molar-refractivity contribution in [2.24, 2.45) is 0 Å². The lowest BCUT2D eigenvalue weighted by atomic mass is 10.1. The van der Waals surface area contributed by atoms with Crippen molar-refractivity contribution in [1.82, 2.24) is 15.3 Å². The predicted octanol–water partition coefficient (Wildman–Crippen LogP) is 4.69. The van der Waals surface area contributed by atoms with Gasteiger partial charge in [-0.25, -0.2) is 9.97 Å². The monoisotopic (exact) mass is 393 g/mol. The highest BCUT2D eigenvalue weighted by atomic mass is 32.1. The Morgan fingerprint density at radius 1 is 1.04 bits per heavy atom. The number of thiazole rings is 2. The van der Waals surface area contributed by atoms with Crippen molar-refractivity contribution < 1.29 is 4.79 Å². The number of amides is 1. The molecule has 0 saturated heterocycles. The minimum absolute atomic E-state index is 0.00903. The Labute approximate surface area is 165 Å². The summed E-state index contributed by atoms with van der Waals surface area (Å²) in [6.45, 7) is 2.20. The van der Waals surface area contributed by atoms with Crippen LogP contribution in [0.1, 0.15) is 22.5 Å². The van der Waals surface area contributed by atoms with Crippen LogP contribution in [0, 0.1) is 0 Å². The molecule has 0 spiro atoms. The van der Waals surface area contributed by atoms with Crippen molar-refractivity contribution in [3.8, 4) is 11.3 Å². The SMILES string of the molecule is CC(=O)NCCc1ccc(-c2csc(Cc3nc4ccccc4s3)n2)cc1. The van der Waals surface area contributed by atoms with Crippen LogP contribution >= 0.6 is 22.7 Å². The maximum absolute atomic E-state index is 10.9. The normalized spacial score (nSPS) is 11.0. The number of nitrogens with zero attached hydrogens (tertiary/aromatic N) is 2. The van der Waals surface area contributed by atoms with Crippen LogP contribution < -0.4 is 5.32 Å². The van der Waals surface area contributed by atoms with Gasteiger partial charge in [0.1, 0.15) is 10.0 Å². The first kappa shape index (κ1) is 17.8. The van der Waals surface area contributed by atoms with Gasteiger partial charge in [0.2, 0.25) is 5.91 Å². The van der Waals surface area contributed by atoms with Crippen molar-refractivity contribution in [3.63, 3.8) is 0 Å². The molecule has 0 unspecified atom stereocenters. The third kappa shape index (κ3) is 4.40. The van der Waals surface area contributed by atoms with Crippen LogP contribution in [0.5, 0.6) is 0 Å². The second-order valence-corrected chi connectivity index (χ2v) is 8.37. The van der Waals surface area contributed by atoms with Crippen molar-refractivity contribution in [2.45, 2.75) is 19.8 Å². The van der Waals surface area contributed by atoms with E-state index in [0.29, 0.717) is 6.54 Å². The van der Waals surface area contributed by atoms with Gasteiger partial charge < -0.3 is 5.32 Å². The number of carbonyl (C=O) groups is 1. The Bertz CT molecular complexity index is 1030. The average molecular weight is 394 g/mol. The molecule has 0 aliphatic carbocycles. The minimum atomic E-state index is 0.00903. The summed E-state index contributed by atoms with van der Waals surface area (Å²) < 4.78 is 1.22. The molecule has 0 radical (unpaired) electrons. The van der Waals surface area contributed by atoms with E-state index in [4.69, 9.17) is 9.97 Å². The van der Waals surface area contributed by atoms with Crippen molar-refractivity contribution >= 4 is 38.8 Å². The molecule has 1 N–H and O–H groups in total. The molecule has 1 amide bonds. The Morgan fingerprint density at radius 2 is 1.85 bits per heavy atom. The van der Waals surface area contributed by atoms with E-state index in [1.807, 2.05) is 12.1 Å². The molecule has 4 aromatic rings. The van der Waals surface area contributed by atoms with Crippen molar-refractivity contribution in [1.29, 1.82) is 0 Å². The quantitative estimate of drug-likeness (QED) is 0.517. The molecule has 0 aliphatic heterocycles. The number of fused-ring (bicyclic) bond motifs is 1. The zero-order valence-corrected chi connectivity index (χ0v) is 16.6. The summed E-state index contributed by atoms with van der Waals surface area (Å²) in [6, 6.07) is 16.6. The molecule has 2 heterocycles. The molecule has 2 aromatic carbocycles. The van der Waals surface area contributed by atoms with Gasteiger partial charge in [-0.15, -0.1) is 22.7 Å². The fourth-order valence-corrected chi connectivity index (χ4v) is 4.75. The summed E-state index contributed by atoms with van der Waals surface area (Å²) in [5.74, 6) is 0.00903. The third-order valence-electron chi connectivity index (χ3n) is 4.23. The summed E-state index contributed by atoms with van der Waals surface area (Å²) in [6.07, 6.45) is 1.61. The molecular weight excluding hydrogens is 374 g/mol. The molecule has 0 bridgehead atoms. The summed E-state index contributed by atoms with van der Waals surface area (Å²) in [5, 5.41) is 7.11. The molecule has 6 heteroatoms. The third-order valence-corrected chi connectivity index (χ3v) is 6.11. The Hall–Kier alpha value is -2.57. The highest BCUT2D eigenvalue weighted by molar-refractivity contribution is 7.18. The van der Waals surface area contributed by atoms with E-state index in [1.165, 1.54) is 17.2 Å². The van der Waals surface area contributed by atoms with Gasteiger partial charge in [-0.2, -0.15) is 0 Å². The van der Waals surface area contributed by atoms with Gasteiger partial charge >= 0.3 is 0 Å². The molecular formula is C21H19N3OS2. The van der Waals surface area contributed by atoms with E-state index in [0.717, 1.165) is 39.6 Å². The first-order chi connectivity index (χ1) is 13.2. The summed E-state index contributed by atoms with van der Waals surface area (Å²) in [7, 11) is 0. The smallest absolute Gasteiger partial charge is 0.216 e. The van der Waals surface area contributed by atoms with Crippen molar-refractivity contribution in [2.75, 3.05) is 6.54 Å². The molecule has 4 nitrogen and oxygen atoms in total. The molecule has 136 valence electrons. The largest absolute Gasteiger partial charge is 0.356 e. The van der Waals surface area contributed by atoms with Crippen LogP contribution in [0.25, 0.3) is 21.5 Å². The van der Waals surface area contributed by atoms with Crippen LogP contribution in [0.2, 0.25) is 0 Å². The van der Waals surface area contributed by atoms with Crippen LogP contribution in [-0.2, 0) is 17.6 Å². The molecule has 0 aliphatic rings. The Morgan fingerprint density at radius 3 is 2.63 bits per heavy atom. The number of para-hydroxylation sites is 1. The number of nitrogens with one attached hydrogen (secondary N) is 1. The van der Waals surface area contributed by atoms with E-state index in [9.17, 15) is 4.79 Å². The maximum atomic E-state index is 10.9. The van der Waals surface area contributed by atoms with Gasteiger partial charge in [0.15, 0.2) is 0 Å². The van der Waals surface area contributed by atoms with Gasteiger partial charge in [-0.1, -0.05) is 36.4 Å². The highest BCUT2D eigenvalue weighted by Crippen LogP contribution is 2.27. The zero-order valence-electron chi connectivity index (χ0n) is 14.9. The van der Waals surface area contributed by atoms with Crippen LogP contribution in [0.15, 0.2) is 53.9 Å². The second-order valence-electron chi connectivity index (χ2n) is 6.31. The molecule has 0 saturated carbocycles. The van der Waals surface area contributed by atoms with Gasteiger partial charge in [0.25, 0.3) is 0 Å². The first-order valence-corrected chi connectivity index (χ1v) is 10.5. The Kier molecular flexibility index (Phi) is 5.27. The lowest BCUT2D eigenvalue weighted by Gasteiger charge is -2.03. The van der Waals surface area contributed by atoms with E-state index < -0.39 is 0 Å². The first-order valence-electron chi connectivity index (χ1n) is 8.80. The molecule has 4 rings (SSSR count). The fraction of sp³-hybridized carbons (Fsp3) is 0.190. The number of benzene rings is 2. The van der Waals surface area contributed by atoms with Crippen LogP contribution in [0.3, 0.4) is 0 Å². The van der Waals surface area contributed by atoms with Crippen molar-refractivity contribution in [3.05, 3.63) is 69.5 Å². The maximum Gasteiger partial charge on any atom is 0.216 e. The Balaban J connectivity index is 1.43. The number of rotatable bonds is 6. The average Bonchev–Trinajstić information content (AvgIpc) is 3.28. The van der Waals surface area contributed by atoms with Gasteiger partial charge in [0, 0.05) is 24.4 Å². The molecule has 0 fully saturated rings. The molecule has 2 aromatic heterocycles. The lowest BCUT2D eigenvalue weighted by molar-refractivity contribution is -0.118. The second kappa shape index (κ2) is 7.98. The fourth-order valence-electron chi connectivity index (χ4n) is 2.87. The number of carbonyl (C=O) groups excluding carboxylic acids is 1. The predicted molar refractivity (Wildman–Crippen MR) is 112 cm³/mol. The van der Waals surface area contributed by atoms with E-state index in [1.54, 1.807) is 22.7 Å². The van der Waals surface area contributed by atoms with Crippen LogP contribution in [0.4, 0.5) is 0 Å². The number of hydrogen-bond acceptors (Lipinski definition) is 5. The summed E-state index contributed by atoms with van der Waals surface area (Å²) >= 11 is 3.41.